The lowest BCUT2D eigenvalue weighted by Crippen LogP contribution is -2.11. The second-order valence-electron chi connectivity index (χ2n) is 6.55. The zero-order valence-corrected chi connectivity index (χ0v) is 17.4. The number of aromatic carboxylic acids is 1. The van der Waals surface area contributed by atoms with Crippen LogP contribution in [0.25, 0.3) is 0 Å². The van der Waals surface area contributed by atoms with Crippen LogP contribution in [-0.4, -0.2) is 46.7 Å². The highest BCUT2D eigenvalue weighted by Crippen LogP contribution is 2.31. The second kappa shape index (κ2) is 10.1. The molecule has 0 fully saturated rings. The quantitative estimate of drug-likeness (QED) is 0.316. The Bertz CT molecular complexity index is 1120. The molecule has 3 rings (SSSR count). The summed E-state index contributed by atoms with van der Waals surface area (Å²) < 4.78 is 10.5. The molecule has 0 unspecified atom stereocenters. The summed E-state index contributed by atoms with van der Waals surface area (Å²) in [5, 5.41) is 26.5. The maximum atomic E-state index is 11.7. The molecule has 0 saturated heterocycles. The number of nitrogens with one attached hydrogen (secondary N) is 2. The first-order valence-corrected chi connectivity index (χ1v) is 9.47. The third kappa shape index (κ3) is 5.19. The number of benzene rings is 2. The van der Waals surface area contributed by atoms with Gasteiger partial charge in [-0.25, -0.2) is 14.8 Å². The fraction of sp³-hybridized carbons (Fsp3) is 0.190. The molecule has 1 heterocycles. The number of aromatic nitrogens is 2. The molecule has 32 heavy (non-hydrogen) atoms. The van der Waals surface area contributed by atoms with E-state index in [0.29, 0.717) is 30.2 Å². The van der Waals surface area contributed by atoms with Crippen LogP contribution >= 0.6 is 0 Å². The lowest BCUT2D eigenvalue weighted by Gasteiger charge is -2.11. The van der Waals surface area contributed by atoms with Gasteiger partial charge < -0.3 is 25.2 Å². The highest BCUT2D eigenvalue weighted by molar-refractivity contribution is 5.88. The maximum absolute atomic E-state index is 11.7. The van der Waals surface area contributed by atoms with Gasteiger partial charge in [-0.05, 0) is 48.4 Å². The van der Waals surface area contributed by atoms with E-state index in [1.54, 1.807) is 20.3 Å². The highest BCUT2D eigenvalue weighted by Gasteiger charge is 2.23. The van der Waals surface area contributed by atoms with Crippen LogP contribution in [0.15, 0.2) is 48.8 Å². The summed E-state index contributed by atoms with van der Waals surface area (Å²) in [5.74, 6) is 0.198. The van der Waals surface area contributed by atoms with E-state index in [4.69, 9.17) is 14.6 Å². The van der Waals surface area contributed by atoms with E-state index >= 15 is 0 Å². The number of nitro groups is 1. The van der Waals surface area contributed by atoms with Crippen molar-refractivity contribution in [2.45, 2.75) is 6.42 Å². The zero-order valence-electron chi connectivity index (χ0n) is 17.4. The normalized spacial score (nSPS) is 10.3. The Balaban J connectivity index is 1.74. The number of methoxy groups -OCH3 is 2. The minimum atomic E-state index is -1.06. The topological polar surface area (TPSA) is 149 Å². The molecule has 1 aromatic heterocycles. The van der Waals surface area contributed by atoms with E-state index in [1.807, 2.05) is 12.1 Å². The summed E-state index contributed by atoms with van der Waals surface area (Å²) in [6.07, 6.45) is 1.76. The molecule has 3 aromatic rings. The third-order valence-corrected chi connectivity index (χ3v) is 4.55. The summed E-state index contributed by atoms with van der Waals surface area (Å²) >= 11 is 0. The van der Waals surface area contributed by atoms with Crippen LogP contribution in [0.3, 0.4) is 0 Å². The Hall–Kier alpha value is -4.41. The van der Waals surface area contributed by atoms with Gasteiger partial charge in [0.05, 0.1) is 24.7 Å². The molecule has 0 amide bonds. The predicted octanol–water partition coefficient (Wildman–Crippen LogP) is 3.50. The van der Waals surface area contributed by atoms with E-state index in [1.165, 1.54) is 30.6 Å². The van der Waals surface area contributed by atoms with E-state index in [2.05, 4.69) is 20.6 Å². The summed E-state index contributed by atoms with van der Waals surface area (Å²) in [4.78, 5) is 30.1. The number of nitrogens with zero attached hydrogens (tertiary/aromatic N) is 3. The molecule has 0 aliphatic heterocycles. The van der Waals surface area contributed by atoms with Gasteiger partial charge in [0, 0.05) is 12.2 Å². The Morgan fingerprint density at radius 3 is 2.38 bits per heavy atom. The predicted molar refractivity (Wildman–Crippen MR) is 117 cm³/mol. The van der Waals surface area contributed by atoms with Crippen molar-refractivity contribution in [1.82, 2.24) is 9.97 Å². The molecule has 0 radical (unpaired) electrons. The van der Waals surface area contributed by atoms with Gasteiger partial charge >= 0.3 is 11.7 Å². The smallest absolute Gasteiger partial charge is 0.353 e. The SMILES string of the molecule is COc1ccc(CCNc2ncnc(Nc3ccc(C(=O)O)cc3)c2[N+](=O)[O-])cc1OC. The van der Waals surface area contributed by atoms with Crippen LogP contribution in [0.2, 0.25) is 0 Å². The molecular weight excluding hydrogens is 418 g/mol. The van der Waals surface area contributed by atoms with Crippen molar-refractivity contribution >= 4 is 29.0 Å². The number of hydrogen-bond acceptors (Lipinski definition) is 9. The average Bonchev–Trinajstić information content (AvgIpc) is 2.79. The van der Waals surface area contributed by atoms with Crippen molar-refractivity contribution in [3.05, 3.63) is 70.0 Å². The largest absolute Gasteiger partial charge is 0.493 e. The molecule has 11 heteroatoms. The summed E-state index contributed by atoms with van der Waals surface area (Å²) in [7, 11) is 3.10. The highest BCUT2D eigenvalue weighted by atomic mass is 16.6. The van der Waals surface area contributed by atoms with Crippen LogP contribution in [0, 0.1) is 10.1 Å². The molecule has 0 spiro atoms. The Kier molecular flexibility index (Phi) is 7.01. The number of carbonyl (C=O) groups is 1. The molecule has 0 aliphatic carbocycles. The first-order chi connectivity index (χ1) is 15.4. The molecule has 2 aromatic carbocycles. The van der Waals surface area contributed by atoms with Crippen molar-refractivity contribution in [1.29, 1.82) is 0 Å². The van der Waals surface area contributed by atoms with Crippen molar-refractivity contribution in [2.24, 2.45) is 0 Å². The second-order valence-corrected chi connectivity index (χ2v) is 6.55. The number of rotatable bonds is 10. The van der Waals surface area contributed by atoms with Gasteiger partial charge in [-0.15, -0.1) is 0 Å². The molecular formula is C21H21N5O6. The van der Waals surface area contributed by atoms with Gasteiger partial charge in [0.1, 0.15) is 6.33 Å². The van der Waals surface area contributed by atoms with E-state index in [-0.39, 0.29) is 22.9 Å². The molecule has 0 aliphatic rings. The number of carboxylic acid groups (broad SMARTS) is 1. The van der Waals surface area contributed by atoms with Gasteiger partial charge in [0.25, 0.3) is 0 Å². The van der Waals surface area contributed by atoms with Crippen molar-refractivity contribution < 1.29 is 24.3 Å². The lowest BCUT2D eigenvalue weighted by molar-refractivity contribution is -0.383. The zero-order chi connectivity index (χ0) is 23.1. The molecule has 0 saturated carbocycles. The Labute approximate surface area is 183 Å². The standard InChI is InChI=1S/C21H21N5O6/c1-31-16-8-3-13(11-17(16)32-2)9-10-22-19-18(26(29)30)20(24-12-23-19)25-15-6-4-14(5-7-15)21(27)28/h3-8,11-12H,9-10H2,1-2H3,(H,27,28)(H2,22,23,24,25). The number of anilines is 3. The fourth-order valence-electron chi connectivity index (χ4n) is 2.97. The van der Waals surface area contributed by atoms with E-state index in [0.717, 1.165) is 5.56 Å². The number of carboxylic acids is 1. The first-order valence-electron chi connectivity index (χ1n) is 9.47. The van der Waals surface area contributed by atoms with Crippen molar-refractivity contribution in [3.63, 3.8) is 0 Å². The molecule has 3 N–H and O–H groups in total. The third-order valence-electron chi connectivity index (χ3n) is 4.55. The minimum absolute atomic E-state index is 0.0123. The summed E-state index contributed by atoms with van der Waals surface area (Å²) in [5.41, 5.74) is 1.18. The Morgan fingerprint density at radius 2 is 1.75 bits per heavy atom. The number of hydrogen-bond donors (Lipinski definition) is 3. The molecule has 166 valence electrons. The molecule has 0 atom stereocenters. The molecule has 0 bridgehead atoms. The van der Waals surface area contributed by atoms with E-state index in [9.17, 15) is 14.9 Å². The fourth-order valence-corrected chi connectivity index (χ4v) is 2.97. The Morgan fingerprint density at radius 1 is 1.06 bits per heavy atom. The van der Waals surface area contributed by atoms with Crippen molar-refractivity contribution in [2.75, 3.05) is 31.4 Å². The van der Waals surface area contributed by atoms with Gasteiger partial charge in [0.15, 0.2) is 11.5 Å². The average molecular weight is 439 g/mol. The van der Waals surface area contributed by atoms with Gasteiger partial charge in [-0.3, -0.25) is 10.1 Å². The van der Waals surface area contributed by atoms with Crippen LogP contribution < -0.4 is 20.1 Å². The van der Waals surface area contributed by atoms with Crippen LogP contribution in [0.5, 0.6) is 11.5 Å². The molecule has 11 nitrogen and oxygen atoms in total. The maximum Gasteiger partial charge on any atom is 0.353 e. The number of ether oxygens (including phenoxy) is 2. The van der Waals surface area contributed by atoms with E-state index < -0.39 is 10.9 Å². The monoisotopic (exact) mass is 439 g/mol. The van der Waals surface area contributed by atoms with Gasteiger partial charge in [-0.2, -0.15) is 0 Å². The van der Waals surface area contributed by atoms with Gasteiger partial charge in [-0.1, -0.05) is 6.07 Å². The first kappa shape index (κ1) is 22.3. The lowest BCUT2D eigenvalue weighted by atomic mass is 10.1. The summed E-state index contributed by atoms with van der Waals surface area (Å²) in [6, 6.07) is 11.3. The van der Waals surface area contributed by atoms with Crippen molar-refractivity contribution in [3.8, 4) is 11.5 Å². The summed E-state index contributed by atoms with van der Waals surface area (Å²) in [6.45, 7) is 0.375. The van der Waals surface area contributed by atoms with Crippen LogP contribution in [-0.2, 0) is 6.42 Å². The van der Waals surface area contributed by atoms with Gasteiger partial charge in [0.2, 0.25) is 11.6 Å². The van der Waals surface area contributed by atoms with Crippen LogP contribution in [0.1, 0.15) is 15.9 Å². The van der Waals surface area contributed by atoms with Crippen LogP contribution in [0.4, 0.5) is 23.0 Å². The minimum Gasteiger partial charge on any atom is -0.493 e.